The summed E-state index contributed by atoms with van der Waals surface area (Å²) in [4.78, 5) is 3.99. The van der Waals surface area contributed by atoms with Crippen LogP contribution in [0.25, 0.3) is 12.0 Å². The Labute approximate surface area is 139 Å². The van der Waals surface area contributed by atoms with E-state index in [0.717, 1.165) is 18.4 Å². The Morgan fingerprint density at radius 1 is 1.23 bits per heavy atom. The van der Waals surface area contributed by atoms with E-state index >= 15 is 0 Å². The molecular formula is C16H17Cl2N3O. The number of benzene rings is 1. The predicted molar refractivity (Wildman–Crippen MR) is 88.6 cm³/mol. The van der Waals surface area contributed by atoms with E-state index in [1.165, 1.54) is 25.6 Å². The van der Waals surface area contributed by atoms with Crippen molar-refractivity contribution >= 4 is 35.2 Å². The second-order valence-electron chi connectivity index (χ2n) is 5.37. The van der Waals surface area contributed by atoms with Crippen LogP contribution in [0.4, 0.5) is 0 Å². The maximum Gasteiger partial charge on any atom is 0.216 e. The minimum Gasteiger partial charge on any atom is -0.474 e. The standard InChI is InChI=1S/C16H17Cl2N3O/c17-13-7-6-12(15(18)9-13)8-16(21-11-19-10-20-21)22-14-4-2-1-3-5-14/h6-11,14H,1-5H2/b16-8-. The number of hydrogen-bond acceptors (Lipinski definition) is 3. The zero-order valence-corrected chi connectivity index (χ0v) is 13.6. The lowest BCUT2D eigenvalue weighted by molar-refractivity contribution is 0.114. The molecule has 1 heterocycles. The summed E-state index contributed by atoms with van der Waals surface area (Å²) in [6.07, 6.45) is 11.0. The largest absolute Gasteiger partial charge is 0.474 e. The molecule has 0 saturated heterocycles. The highest BCUT2D eigenvalue weighted by molar-refractivity contribution is 6.35. The first-order valence-corrected chi connectivity index (χ1v) is 8.16. The summed E-state index contributed by atoms with van der Waals surface area (Å²) in [7, 11) is 0. The number of nitrogens with zero attached hydrogens (tertiary/aromatic N) is 3. The third-order valence-electron chi connectivity index (χ3n) is 3.73. The van der Waals surface area contributed by atoms with Gasteiger partial charge in [0.25, 0.3) is 0 Å². The number of ether oxygens (including phenoxy) is 1. The van der Waals surface area contributed by atoms with E-state index in [9.17, 15) is 0 Å². The van der Waals surface area contributed by atoms with Gasteiger partial charge in [0.05, 0.1) is 0 Å². The van der Waals surface area contributed by atoms with Gasteiger partial charge >= 0.3 is 0 Å². The van der Waals surface area contributed by atoms with Gasteiger partial charge in [0.2, 0.25) is 5.88 Å². The second kappa shape index (κ2) is 7.16. The summed E-state index contributed by atoms with van der Waals surface area (Å²) >= 11 is 12.2. The Balaban J connectivity index is 1.88. The van der Waals surface area contributed by atoms with Crippen molar-refractivity contribution in [3.05, 3.63) is 46.5 Å². The Kier molecular flexibility index (Phi) is 5.01. The van der Waals surface area contributed by atoms with Crippen molar-refractivity contribution in [2.24, 2.45) is 0 Å². The lowest BCUT2D eigenvalue weighted by Crippen LogP contribution is -2.18. The highest BCUT2D eigenvalue weighted by Gasteiger charge is 2.17. The highest BCUT2D eigenvalue weighted by Crippen LogP contribution is 2.27. The predicted octanol–water partition coefficient (Wildman–Crippen LogP) is 4.89. The smallest absolute Gasteiger partial charge is 0.216 e. The summed E-state index contributed by atoms with van der Waals surface area (Å²) < 4.78 is 7.78. The average Bonchev–Trinajstić information content (AvgIpc) is 3.04. The first kappa shape index (κ1) is 15.4. The van der Waals surface area contributed by atoms with E-state index in [4.69, 9.17) is 27.9 Å². The van der Waals surface area contributed by atoms with Crippen LogP contribution in [-0.4, -0.2) is 20.9 Å². The van der Waals surface area contributed by atoms with Crippen LogP contribution >= 0.6 is 23.2 Å². The first-order chi connectivity index (χ1) is 10.7. The molecule has 0 aliphatic heterocycles. The number of rotatable bonds is 4. The van der Waals surface area contributed by atoms with E-state index in [-0.39, 0.29) is 6.10 Å². The van der Waals surface area contributed by atoms with Crippen molar-refractivity contribution in [1.82, 2.24) is 14.8 Å². The molecule has 0 spiro atoms. The van der Waals surface area contributed by atoms with Gasteiger partial charge in [-0.1, -0.05) is 35.7 Å². The van der Waals surface area contributed by atoms with Crippen LogP contribution < -0.4 is 0 Å². The van der Waals surface area contributed by atoms with E-state index in [1.54, 1.807) is 23.1 Å². The maximum absolute atomic E-state index is 6.25. The van der Waals surface area contributed by atoms with Gasteiger partial charge in [-0.3, -0.25) is 0 Å². The average molecular weight is 338 g/mol. The Morgan fingerprint density at radius 3 is 2.73 bits per heavy atom. The van der Waals surface area contributed by atoms with Crippen LogP contribution in [0, 0.1) is 0 Å². The quantitative estimate of drug-likeness (QED) is 0.745. The molecule has 1 aliphatic rings. The summed E-state index contributed by atoms with van der Waals surface area (Å²) in [6, 6.07) is 5.39. The molecule has 116 valence electrons. The van der Waals surface area contributed by atoms with Gasteiger partial charge in [-0.05, 0) is 43.4 Å². The van der Waals surface area contributed by atoms with Crippen LogP contribution in [0.15, 0.2) is 30.9 Å². The molecule has 2 aromatic rings. The summed E-state index contributed by atoms with van der Waals surface area (Å²) in [5, 5.41) is 5.36. The monoisotopic (exact) mass is 337 g/mol. The summed E-state index contributed by atoms with van der Waals surface area (Å²) in [6.45, 7) is 0. The first-order valence-electron chi connectivity index (χ1n) is 7.41. The van der Waals surface area contributed by atoms with Crippen LogP contribution in [0.5, 0.6) is 0 Å². The molecule has 6 heteroatoms. The Morgan fingerprint density at radius 2 is 2.05 bits per heavy atom. The van der Waals surface area contributed by atoms with Crippen molar-refractivity contribution in [1.29, 1.82) is 0 Å². The fourth-order valence-electron chi connectivity index (χ4n) is 2.58. The molecule has 1 fully saturated rings. The molecule has 1 aliphatic carbocycles. The molecule has 1 aromatic heterocycles. The van der Waals surface area contributed by atoms with Gasteiger partial charge in [0, 0.05) is 16.1 Å². The number of aromatic nitrogens is 3. The van der Waals surface area contributed by atoms with Crippen molar-refractivity contribution < 1.29 is 4.74 Å². The molecule has 0 N–H and O–H groups in total. The third-order valence-corrected chi connectivity index (χ3v) is 4.29. The molecule has 1 saturated carbocycles. The second-order valence-corrected chi connectivity index (χ2v) is 6.21. The fourth-order valence-corrected chi connectivity index (χ4v) is 3.04. The maximum atomic E-state index is 6.25. The molecule has 4 nitrogen and oxygen atoms in total. The minimum atomic E-state index is 0.218. The van der Waals surface area contributed by atoms with Crippen LogP contribution in [0.3, 0.4) is 0 Å². The van der Waals surface area contributed by atoms with E-state index in [2.05, 4.69) is 10.1 Å². The van der Waals surface area contributed by atoms with Gasteiger partial charge in [-0.2, -0.15) is 9.78 Å². The summed E-state index contributed by atoms with van der Waals surface area (Å²) in [5.74, 6) is 0.633. The minimum absolute atomic E-state index is 0.218. The zero-order valence-electron chi connectivity index (χ0n) is 12.1. The molecule has 3 rings (SSSR count). The SMILES string of the molecule is Clc1ccc(/C=C(\OC2CCCCC2)n2cncn2)c(Cl)c1. The van der Waals surface area contributed by atoms with Crippen LogP contribution in [0.1, 0.15) is 37.7 Å². The van der Waals surface area contributed by atoms with Gasteiger partial charge in [0.15, 0.2) is 0 Å². The van der Waals surface area contributed by atoms with Crippen molar-refractivity contribution in [2.75, 3.05) is 0 Å². The topological polar surface area (TPSA) is 39.9 Å². The number of hydrogen-bond donors (Lipinski definition) is 0. The van der Waals surface area contributed by atoms with Crippen molar-refractivity contribution in [3.8, 4) is 0 Å². The van der Waals surface area contributed by atoms with Crippen molar-refractivity contribution in [2.45, 2.75) is 38.2 Å². The normalized spacial score (nSPS) is 16.7. The molecule has 0 unspecified atom stereocenters. The fraction of sp³-hybridized carbons (Fsp3) is 0.375. The Hall–Kier alpha value is -1.52. The third kappa shape index (κ3) is 3.81. The Bertz CT molecular complexity index is 649. The van der Waals surface area contributed by atoms with E-state index < -0.39 is 0 Å². The van der Waals surface area contributed by atoms with Gasteiger partial charge < -0.3 is 4.74 Å². The zero-order chi connectivity index (χ0) is 15.4. The molecule has 0 bridgehead atoms. The van der Waals surface area contributed by atoms with Gasteiger partial charge in [-0.15, -0.1) is 0 Å². The molecule has 0 radical (unpaired) electrons. The highest BCUT2D eigenvalue weighted by atomic mass is 35.5. The van der Waals surface area contributed by atoms with Crippen LogP contribution in [-0.2, 0) is 4.74 Å². The van der Waals surface area contributed by atoms with Gasteiger partial charge in [-0.25, -0.2) is 4.98 Å². The molecule has 1 aromatic carbocycles. The van der Waals surface area contributed by atoms with Gasteiger partial charge in [0.1, 0.15) is 18.8 Å². The van der Waals surface area contributed by atoms with E-state index in [1.807, 2.05) is 12.1 Å². The molecular weight excluding hydrogens is 321 g/mol. The van der Waals surface area contributed by atoms with Crippen LogP contribution in [0.2, 0.25) is 10.0 Å². The van der Waals surface area contributed by atoms with Crippen molar-refractivity contribution in [3.63, 3.8) is 0 Å². The molecule has 22 heavy (non-hydrogen) atoms. The summed E-state index contributed by atoms with van der Waals surface area (Å²) in [5.41, 5.74) is 0.840. The molecule has 0 amide bonds. The molecule has 0 atom stereocenters. The lowest BCUT2D eigenvalue weighted by atomic mass is 9.98. The number of halogens is 2. The van der Waals surface area contributed by atoms with E-state index in [0.29, 0.717) is 15.9 Å². The lowest BCUT2D eigenvalue weighted by Gasteiger charge is -2.24.